The topological polar surface area (TPSA) is 78.2 Å². The minimum absolute atomic E-state index is 0.00429. The van der Waals surface area contributed by atoms with Gasteiger partial charge in [-0.3, -0.25) is 9.69 Å². The first kappa shape index (κ1) is 27.4. The van der Waals surface area contributed by atoms with Gasteiger partial charge in [-0.1, -0.05) is 24.0 Å². The molecule has 1 amide bonds. The lowest BCUT2D eigenvalue weighted by Crippen LogP contribution is -2.57. The number of thioether (sulfide) groups is 1. The third-order valence-corrected chi connectivity index (χ3v) is 9.71. The molecule has 212 valence electrons. The zero-order valence-electron chi connectivity index (χ0n) is 23.3. The molecule has 2 aromatic rings. The summed E-state index contributed by atoms with van der Waals surface area (Å²) in [5.74, 6) is 4.56. The predicted molar refractivity (Wildman–Crippen MR) is 158 cm³/mol. The van der Waals surface area contributed by atoms with E-state index in [4.69, 9.17) is 30.8 Å². The second-order valence-electron chi connectivity index (χ2n) is 12.4. The third-order valence-electron chi connectivity index (χ3n) is 8.38. The summed E-state index contributed by atoms with van der Waals surface area (Å²) in [4.78, 5) is 28.2. The summed E-state index contributed by atoms with van der Waals surface area (Å²) < 4.78 is 23.3. The Bertz CT molecular complexity index is 1340. The smallest absolute Gasteiger partial charge is 0.344 e. The van der Waals surface area contributed by atoms with Crippen molar-refractivity contribution in [2.24, 2.45) is 23.7 Å². The van der Waals surface area contributed by atoms with Crippen LogP contribution in [0.15, 0.2) is 39.7 Å². The first-order valence-corrected chi connectivity index (χ1v) is 15.2. The van der Waals surface area contributed by atoms with E-state index >= 15 is 0 Å². The van der Waals surface area contributed by atoms with Crippen LogP contribution in [0.1, 0.15) is 58.6 Å². The van der Waals surface area contributed by atoms with Crippen LogP contribution in [0.3, 0.4) is 0 Å². The summed E-state index contributed by atoms with van der Waals surface area (Å²) in [6.45, 7) is 5.21. The van der Waals surface area contributed by atoms with E-state index in [1.54, 1.807) is 25.3 Å². The Labute approximate surface area is 244 Å². The van der Waals surface area contributed by atoms with Gasteiger partial charge in [0.25, 0.3) is 5.91 Å². The monoisotopic (exact) mass is 581 g/mol. The van der Waals surface area contributed by atoms with Crippen LogP contribution in [0, 0.1) is 23.7 Å². The first-order chi connectivity index (χ1) is 19.1. The number of esters is 1. The number of hydrogen-bond donors (Lipinski definition) is 0. The van der Waals surface area contributed by atoms with Gasteiger partial charge in [0.05, 0.1) is 12.0 Å². The van der Waals surface area contributed by atoms with Gasteiger partial charge >= 0.3 is 5.97 Å². The zero-order valence-corrected chi connectivity index (χ0v) is 24.9. The van der Waals surface area contributed by atoms with Crippen LogP contribution in [-0.2, 0) is 14.3 Å². The highest BCUT2D eigenvalue weighted by molar-refractivity contribution is 8.26. The Morgan fingerprint density at radius 3 is 2.40 bits per heavy atom. The van der Waals surface area contributed by atoms with Crippen molar-refractivity contribution in [2.75, 3.05) is 13.7 Å². The molecule has 7 nitrogen and oxygen atoms in total. The number of carbonyl (C=O) groups excluding carboxylic acids is 2. The van der Waals surface area contributed by atoms with E-state index in [2.05, 4.69) is 0 Å². The SMILES string of the molecule is COc1cc(OCC(=O)OC(C)(C)C)cc(-c2ccc(/C=C3\SC(=S)N(C4C5CC6CC(C5)CC4C6)C3=O)o2)c1. The fraction of sp³-hybridized carbons (Fsp3) is 0.516. The number of carbonyl (C=O) groups is 2. The number of methoxy groups -OCH3 is 1. The van der Waals surface area contributed by atoms with Crippen LogP contribution in [0.25, 0.3) is 17.4 Å². The summed E-state index contributed by atoms with van der Waals surface area (Å²) in [7, 11) is 1.57. The molecule has 0 radical (unpaired) electrons. The van der Waals surface area contributed by atoms with E-state index in [0.29, 0.717) is 44.1 Å². The van der Waals surface area contributed by atoms with Gasteiger partial charge in [-0.25, -0.2) is 4.79 Å². The summed E-state index contributed by atoms with van der Waals surface area (Å²) >= 11 is 7.11. The molecule has 0 N–H and O–H groups in total. The van der Waals surface area contributed by atoms with Gasteiger partial charge in [0.1, 0.15) is 32.9 Å². The lowest BCUT2D eigenvalue weighted by Gasteiger charge is -2.56. The van der Waals surface area contributed by atoms with Gasteiger partial charge in [-0.15, -0.1) is 0 Å². The minimum atomic E-state index is -0.589. The Morgan fingerprint density at radius 2 is 1.75 bits per heavy atom. The zero-order chi connectivity index (χ0) is 28.2. The van der Waals surface area contributed by atoms with Crippen molar-refractivity contribution < 1.29 is 28.2 Å². The van der Waals surface area contributed by atoms with E-state index in [1.165, 1.54) is 43.9 Å². The highest BCUT2D eigenvalue weighted by Crippen LogP contribution is 2.56. The predicted octanol–water partition coefficient (Wildman–Crippen LogP) is 6.70. The Hall–Kier alpha value is -2.78. The van der Waals surface area contributed by atoms with Crippen LogP contribution >= 0.6 is 24.0 Å². The minimum Gasteiger partial charge on any atom is -0.497 e. The Kier molecular flexibility index (Phi) is 7.23. The lowest BCUT2D eigenvalue weighted by atomic mass is 9.54. The normalized spacial score (nSPS) is 28.4. The van der Waals surface area contributed by atoms with Crippen molar-refractivity contribution in [1.82, 2.24) is 4.90 Å². The van der Waals surface area contributed by atoms with Crippen LogP contribution in [0.4, 0.5) is 0 Å². The molecule has 1 aromatic heterocycles. The molecular weight excluding hydrogens is 546 g/mol. The number of furan rings is 1. The molecule has 5 aliphatic rings. The van der Waals surface area contributed by atoms with E-state index in [-0.39, 0.29) is 18.6 Å². The average Bonchev–Trinajstić information content (AvgIpc) is 3.46. The van der Waals surface area contributed by atoms with Gasteiger partial charge in [0, 0.05) is 23.7 Å². The van der Waals surface area contributed by atoms with Crippen molar-refractivity contribution in [3.05, 3.63) is 41.0 Å². The maximum absolute atomic E-state index is 13.6. The Balaban J connectivity index is 1.17. The quantitative estimate of drug-likeness (QED) is 0.203. The molecule has 4 saturated carbocycles. The number of nitrogens with zero attached hydrogens (tertiary/aromatic N) is 1. The number of ether oxygens (including phenoxy) is 3. The van der Waals surface area contributed by atoms with Crippen molar-refractivity contribution in [3.63, 3.8) is 0 Å². The van der Waals surface area contributed by atoms with E-state index < -0.39 is 11.6 Å². The van der Waals surface area contributed by atoms with Gasteiger partial charge in [-0.05, 0) is 101 Å². The molecule has 4 bridgehead atoms. The number of hydrogen-bond acceptors (Lipinski definition) is 8. The molecular formula is C31H35NO6S2. The van der Waals surface area contributed by atoms with Gasteiger partial charge < -0.3 is 18.6 Å². The van der Waals surface area contributed by atoms with Crippen LogP contribution in [0.5, 0.6) is 11.5 Å². The van der Waals surface area contributed by atoms with Gasteiger partial charge in [0.2, 0.25) is 0 Å². The van der Waals surface area contributed by atoms with Crippen molar-refractivity contribution in [3.8, 4) is 22.8 Å². The molecule has 2 heterocycles. The largest absolute Gasteiger partial charge is 0.497 e. The molecule has 4 aliphatic carbocycles. The number of amides is 1. The number of rotatable bonds is 7. The van der Waals surface area contributed by atoms with Crippen molar-refractivity contribution in [1.29, 1.82) is 0 Å². The Morgan fingerprint density at radius 1 is 1.07 bits per heavy atom. The van der Waals surface area contributed by atoms with E-state index in [0.717, 1.165) is 17.4 Å². The summed E-state index contributed by atoms with van der Waals surface area (Å²) in [5, 5.41) is 0. The average molecular weight is 582 g/mol. The number of benzene rings is 1. The van der Waals surface area contributed by atoms with Crippen molar-refractivity contribution >= 4 is 46.3 Å². The molecule has 5 fully saturated rings. The van der Waals surface area contributed by atoms with E-state index in [1.807, 2.05) is 43.9 Å². The highest BCUT2D eigenvalue weighted by Gasteiger charge is 2.53. The summed E-state index contributed by atoms with van der Waals surface area (Å²) in [6, 6.07) is 9.24. The second kappa shape index (κ2) is 10.6. The lowest BCUT2D eigenvalue weighted by molar-refractivity contribution is -0.157. The van der Waals surface area contributed by atoms with Gasteiger partial charge in [0.15, 0.2) is 6.61 Å². The molecule has 0 spiro atoms. The maximum atomic E-state index is 13.6. The summed E-state index contributed by atoms with van der Waals surface area (Å²) in [5.41, 5.74) is 0.133. The standard InChI is InChI=1S/C31H35NO6S2/c1-31(2,3)38-27(33)16-36-24-13-19(12-23(14-24)35-4)25-6-5-22(37-25)15-26-29(34)32(30(39)40-26)28-20-8-17-7-18(10-20)11-21(28)9-17/h5-6,12-15,17-18,20-21,28H,7-11,16H2,1-4H3/b26-15-. The number of thiocarbonyl (C=S) groups is 1. The molecule has 1 aromatic carbocycles. The van der Waals surface area contributed by atoms with Crippen LogP contribution < -0.4 is 9.47 Å². The van der Waals surface area contributed by atoms with Crippen LogP contribution in [0.2, 0.25) is 0 Å². The molecule has 1 saturated heterocycles. The maximum Gasteiger partial charge on any atom is 0.344 e. The molecule has 40 heavy (non-hydrogen) atoms. The summed E-state index contributed by atoms with van der Waals surface area (Å²) in [6.07, 6.45) is 8.11. The fourth-order valence-corrected chi connectivity index (χ4v) is 8.52. The molecule has 1 aliphatic heterocycles. The molecule has 0 atom stereocenters. The van der Waals surface area contributed by atoms with E-state index in [9.17, 15) is 9.59 Å². The van der Waals surface area contributed by atoms with Crippen LogP contribution in [-0.4, -0.2) is 46.5 Å². The fourth-order valence-electron chi connectivity index (χ4n) is 7.20. The first-order valence-electron chi connectivity index (χ1n) is 14.0. The van der Waals surface area contributed by atoms with Gasteiger partial charge in [-0.2, -0.15) is 0 Å². The molecule has 7 rings (SSSR count). The van der Waals surface area contributed by atoms with Crippen molar-refractivity contribution in [2.45, 2.75) is 64.5 Å². The third kappa shape index (κ3) is 5.55. The highest BCUT2D eigenvalue weighted by atomic mass is 32.2. The molecule has 0 unspecified atom stereocenters. The second-order valence-corrected chi connectivity index (χ2v) is 14.1. The molecule has 9 heteroatoms.